The molecule has 8 heteroatoms. The van der Waals surface area contributed by atoms with Gasteiger partial charge in [0.25, 0.3) is 5.91 Å². The van der Waals surface area contributed by atoms with Gasteiger partial charge in [-0.05, 0) is 55.7 Å². The number of amides is 1. The normalized spacial score (nSPS) is 17.6. The summed E-state index contributed by atoms with van der Waals surface area (Å²) in [4.78, 5) is 15.0. The van der Waals surface area contributed by atoms with Crippen molar-refractivity contribution in [2.45, 2.75) is 26.3 Å². The molecular weight excluding hydrogens is 387 g/mol. The highest BCUT2D eigenvalue weighted by Gasteiger charge is 2.31. The number of halogens is 1. The van der Waals surface area contributed by atoms with Gasteiger partial charge in [0.05, 0.1) is 17.4 Å². The first-order chi connectivity index (χ1) is 14.5. The van der Waals surface area contributed by atoms with Crippen LogP contribution in [-0.4, -0.2) is 45.6 Å². The number of ether oxygens (including phenoxy) is 2. The first-order valence-corrected chi connectivity index (χ1v) is 9.94. The molecule has 154 valence electrons. The van der Waals surface area contributed by atoms with Gasteiger partial charge in [-0.25, -0.2) is 9.07 Å². The van der Waals surface area contributed by atoms with Gasteiger partial charge in [0.2, 0.25) is 0 Å². The molecule has 2 aliphatic heterocycles. The lowest BCUT2D eigenvalue weighted by molar-refractivity contribution is 0.0670. The Morgan fingerprint density at radius 2 is 1.93 bits per heavy atom. The summed E-state index contributed by atoms with van der Waals surface area (Å²) < 4.78 is 26.6. The molecule has 0 fully saturated rings. The zero-order valence-corrected chi connectivity index (χ0v) is 16.8. The van der Waals surface area contributed by atoms with Crippen LogP contribution in [0.1, 0.15) is 40.3 Å². The molecule has 7 nitrogen and oxygen atoms in total. The van der Waals surface area contributed by atoms with Gasteiger partial charge in [-0.15, -0.1) is 5.10 Å². The molecule has 1 amide bonds. The van der Waals surface area contributed by atoms with Crippen molar-refractivity contribution >= 4 is 5.91 Å². The summed E-state index contributed by atoms with van der Waals surface area (Å²) in [7, 11) is 0. The van der Waals surface area contributed by atoms with Crippen LogP contribution in [0.2, 0.25) is 0 Å². The van der Waals surface area contributed by atoms with Crippen molar-refractivity contribution in [3.8, 4) is 17.2 Å². The summed E-state index contributed by atoms with van der Waals surface area (Å²) in [6.45, 7) is 5.29. The van der Waals surface area contributed by atoms with Crippen molar-refractivity contribution in [1.82, 2.24) is 19.9 Å². The molecule has 0 saturated carbocycles. The molecule has 3 heterocycles. The average molecular weight is 408 g/mol. The molecule has 2 aromatic carbocycles. The summed E-state index contributed by atoms with van der Waals surface area (Å²) in [6, 6.07) is 10.0. The lowest BCUT2D eigenvalue weighted by Gasteiger charge is -2.35. The van der Waals surface area contributed by atoms with Crippen LogP contribution in [0.25, 0.3) is 5.69 Å². The van der Waals surface area contributed by atoms with Crippen LogP contribution in [0.5, 0.6) is 11.5 Å². The van der Waals surface area contributed by atoms with E-state index in [2.05, 4.69) is 10.3 Å². The minimum Gasteiger partial charge on any atom is -0.486 e. The molecule has 0 bridgehead atoms. The predicted octanol–water partition coefficient (Wildman–Crippen LogP) is 3.25. The maximum atomic E-state index is 13.7. The van der Waals surface area contributed by atoms with E-state index in [1.54, 1.807) is 15.6 Å². The Kier molecular flexibility index (Phi) is 4.42. The standard InChI is InChI=1S/C22H21FN4O3/c1-13-18-11-16(23)4-3-15(18)7-8-26(13)22(28)21-14(2)27(25-24-21)17-5-6-19-20(12-17)30-10-9-29-19/h3-6,11-13H,7-10H2,1-2H3. The molecule has 3 aromatic rings. The molecule has 2 aliphatic rings. The van der Waals surface area contributed by atoms with Crippen molar-refractivity contribution in [2.75, 3.05) is 19.8 Å². The summed E-state index contributed by atoms with van der Waals surface area (Å²) in [5.41, 5.74) is 3.57. The third-order valence-electron chi connectivity index (χ3n) is 5.78. The molecule has 0 saturated heterocycles. The van der Waals surface area contributed by atoms with Crippen LogP contribution in [0.15, 0.2) is 36.4 Å². The Bertz CT molecular complexity index is 1140. The SMILES string of the molecule is Cc1c(C(=O)N2CCc3ccc(F)cc3C2C)nnn1-c1ccc2c(c1)OCCO2. The second kappa shape index (κ2) is 7.12. The second-order valence-electron chi connectivity index (χ2n) is 7.53. The van der Waals surface area contributed by atoms with E-state index in [-0.39, 0.29) is 23.5 Å². The number of fused-ring (bicyclic) bond motifs is 2. The van der Waals surface area contributed by atoms with Crippen molar-refractivity contribution in [1.29, 1.82) is 0 Å². The molecule has 0 N–H and O–H groups in total. The van der Waals surface area contributed by atoms with Gasteiger partial charge in [0.1, 0.15) is 19.0 Å². The number of rotatable bonds is 2. The van der Waals surface area contributed by atoms with Crippen LogP contribution in [-0.2, 0) is 6.42 Å². The van der Waals surface area contributed by atoms with Crippen LogP contribution < -0.4 is 9.47 Å². The van der Waals surface area contributed by atoms with Crippen LogP contribution >= 0.6 is 0 Å². The maximum absolute atomic E-state index is 13.7. The molecule has 0 radical (unpaired) electrons. The number of hydrogen-bond acceptors (Lipinski definition) is 5. The highest BCUT2D eigenvalue weighted by Crippen LogP contribution is 2.33. The van der Waals surface area contributed by atoms with E-state index < -0.39 is 0 Å². The van der Waals surface area contributed by atoms with Gasteiger partial charge in [0.15, 0.2) is 17.2 Å². The van der Waals surface area contributed by atoms with Gasteiger partial charge in [0, 0.05) is 12.6 Å². The number of benzene rings is 2. The fourth-order valence-corrected chi connectivity index (χ4v) is 4.13. The van der Waals surface area contributed by atoms with E-state index in [0.29, 0.717) is 43.4 Å². The third-order valence-corrected chi connectivity index (χ3v) is 5.78. The minimum absolute atomic E-state index is 0.210. The van der Waals surface area contributed by atoms with Crippen LogP contribution in [0, 0.1) is 12.7 Å². The van der Waals surface area contributed by atoms with E-state index in [1.807, 2.05) is 32.0 Å². The topological polar surface area (TPSA) is 69.5 Å². The third kappa shape index (κ3) is 2.99. The molecule has 0 aliphatic carbocycles. The largest absolute Gasteiger partial charge is 0.486 e. The number of carbonyl (C=O) groups excluding carboxylic acids is 1. The molecule has 1 aromatic heterocycles. The number of hydrogen-bond donors (Lipinski definition) is 0. The molecule has 30 heavy (non-hydrogen) atoms. The Balaban J connectivity index is 1.45. The average Bonchev–Trinajstić information content (AvgIpc) is 3.15. The van der Waals surface area contributed by atoms with E-state index in [1.165, 1.54) is 12.1 Å². The fraction of sp³-hybridized carbons (Fsp3) is 0.318. The Morgan fingerprint density at radius 3 is 2.77 bits per heavy atom. The first-order valence-electron chi connectivity index (χ1n) is 9.94. The Labute approximate surface area is 173 Å². The highest BCUT2D eigenvalue weighted by atomic mass is 19.1. The maximum Gasteiger partial charge on any atom is 0.276 e. The Hall–Kier alpha value is -3.42. The van der Waals surface area contributed by atoms with Crippen molar-refractivity contribution in [3.63, 3.8) is 0 Å². The van der Waals surface area contributed by atoms with Crippen molar-refractivity contribution < 1.29 is 18.7 Å². The van der Waals surface area contributed by atoms with Gasteiger partial charge in [-0.3, -0.25) is 4.79 Å². The summed E-state index contributed by atoms with van der Waals surface area (Å²) >= 11 is 0. The zero-order chi connectivity index (χ0) is 20.8. The van der Waals surface area contributed by atoms with E-state index in [9.17, 15) is 9.18 Å². The monoisotopic (exact) mass is 408 g/mol. The fourth-order valence-electron chi connectivity index (χ4n) is 4.13. The summed E-state index contributed by atoms with van der Waals surface area (Å²) in [5, 5.41) is 8.36. The summed E-state index contributed by atoms with van der Waals surface area (Å²) in [6.07, 6.45) is 0.682. The van der Waals surface area contributed by atoms with E-state index >= 15 is 0 Å². The van der Waals surface area contributed by atoms with Gasteiger partial charge < -0.3 is 14.4 Å². The van der Waals surface area contributed by atoms with Gasteiger partial charge in [-0.2, -0.15) is 0 Å². The Morgan fingerprint density at radius 1 is 1.13 bits per heavy atom. The predicted molar refractivity (Wildman–Crippen MR) is 107 cm³/mol. The number of aromatic nitrogens is 3. The quantitative estimate of drug-likeness (QED) is 0.651. The highest BCUT2D eigenvalue weighted by molar-refractivity contribution is 5.93. The lowest BCUT2D eigenvalue weighted by Crippen LogP contribution is -2.39. The molecule has 1 atom stereocenters. The molecule has 5 rings (SSSR count). The molecular formula is C22H21FN4O3. The van der Waals surface area contributed by atoms with Crippen molar-refractivity contribution in [3.05, 3.63) is 64.7 Å². The molecule has 0 spiro atoms. The van der Waals surface area contributed by atoms with Crippen molar-refractivity contribution in [2.24, 2.45) is 0 Å². The van der Waals surface area contributed by atoms with Gasteiger partial charge in [-0.1, -0.05) is 11.3 Å². The first kappa shape index (κ1) is 18.6. The lowest BCUT2D eigenvalue weighted by atomic mass is 9.93. The summed E-state index contributed by atoms with van der Waals surface area (Å²) in [5.74, 6) is 0.825. The zero-order valence-electron chi connectivity index (χ0n) is 16.8. The smallest absolute Gasteiger partial charge is 0.276 e. The number of nitrogens with zero attached hydrogens (tertiary/aromatic N) is 4. The second-order valence-corrected chi connectivity index (χ2v) is 7.53. The van der Waals surface area contributed by atoms with E-state index in [4.69, 9.17) is 9.47 Å². The van der Waals surface area contributed by atoms with Crippen LogP contribution in [0.3, 0.4) is 0 Å². The molecule has 1 unspecified atom stereocenters. The van der Waals surface area contributed by atoms with E-state index in [0.717, 1.165) is 16.8 Å². The van der Waals surface area contributed by atoms with Crippen LogP contribution in [0.4, 0.5) is 4.39 Å². The van der Waals surface area contributed by atoms with Gasteiger partial charge >= 0.3 is 0 Å². The minimum atomic E-state index is -0.296. The number of carbonyl (C=O) groups is 1.